The van der Waals surface area contributed by atoms with Gasteiger partial charge in [-0.25, -0.2) is 9.97 Å². The number of hydrogen-bond acceptors (Lipinski definition) is 5. The lowest BCUT2D eigenvalue weighted by Gasteiger charge is -2.00. The van der Waals surface area contributed by atoms with Gasteiger partial charge in [-0.15, -0.1) is 11.3 Å². The molecule has 5 nitrogen and oxygen atoms in total. The van der Waals surface area contributed by atoms with Crippen molar-refractivity contribution in [2.45, 2.75) is 13.8 Å². The van der Waals surface area contributed by atoms with Crippen LogP contribution < -0.4 is 5.43 Å². The van der Waals surface area contributed by atoms with Gasteiger partial charge in [0.2, 0.25) is 5.13 Å². The molecule has 0 atom stereocenters. The second kappa shape index (κ2) is 7.55. The van der Waals surface area contributed by atoms with Crippen molar-refractivity contribution < 1.29 is 0 Å². The average molecular weight is 373 g/mol. The van der Waals surface area contributed by atoms with E-state index in [1.807, 2.05) is 48.7 Å². The molecule has 0 amide bonds. The highest BCUT2D eigenvalue weighted by Crippen LogP contribution is 2.16. The number of fused-ring (bicyclic) bond motifs is 1. The zero-order chi connectivity index (χ0) is 18.6. The molecule has 0 radical (unpaired) electrons. The fraction of sp³-hybridized carbons (Fsp3) is 0.0952. The molecule has 0 spiro atoms. The van der Waals surface area contributed by atoms with E-state index in [2.05, 4.69) is 56.7 Å². The minimum atomic E-state index is 0.708. The fourth-order valence-electron chi connectivity index (χ4n) is 2.61. The third kappa shape index (κ3) is 4.12. The molecule has 6 heteroatoms. The third-order valence-corrected chi connectivity index (χ3v) is 4.90. The number of aryl methyl sites for hydroxylation is 2. The van der Waals surface area contributed by atoms with E-state index in [1.165, 1.54) is 16.9 Å². The molecule has 0 aliphatic rings. The quantitative estimate of drug-likeness (QED) is 0.375. The largest absolute Gasteiger partial charge is 0.337 e. The van der Waals surface area contributed by atoms with E-state index in [4.69, 9.17) is 0 Å². The Balaban J connectivity index is 1.68. The summed E-state index contributed by atoms with van der Waals surface area (Å²) < 4.78 is 0. The first kappa shape index (κ1) is 17.2. The molecule has 134 valence electrons. The van der Waals surface area contributed by atoms with Crippen LogP contribution in [-0.4, -0.2) is 20.7 Å². The van der Waals surface area contributed by atoms with E-state index in [-0.39, 0.29) is 0 Å². The summed E-state index contributed by atoms with van der Waals surface area (Å²) in [4.78, 5) is 12.4. The minimum absolute atomic E-state index is 0.708. The molecule has 2 aromatic heterocycles. The molecule has 2 N–H and O–H groups in total. The van der Waals surface area contributed by atoms with Crippen molar-refractivity contribution in [3.63, 3.8) is 0 Å². The number of nitrogens with zero attached hydrogens (tertiary/aromatic N) is 3. The maximum Gasteiger partial charge on any atom is 0.203 e. The van der Waals surface area contributed by atoms with Gasteiger partial charge in [0.1, 0.15) is 5.71 Å². The van der Waals surface area contributed by atoms with Crippen LogP contribution in [-0.2, 0) is 0 Å². The monoisotopic (exact) mass is 373 g/mol. The van der Waals surface area contributed by atoms with Crippen LogP contribution >= 0.6 is 11.3 Å². The lowest BCUT2D eigenvalue weighted by atomic mass is 10.1. The molecule has 0 unspecified atom stereocenters. The second-order valence-corrected chi connectivity index (χ2v) is 7.11. The molecule has 0 saturated carbocycles. The standard InChI is InChI=1S/C21H19N5S/c1-14-7-9-16(10-8-14)11-12-19(25-26-21-22-15(2)13-27-21)20-23-17-5-3-4-6-18(17)24-20/h3-13H,1-2H3,(H,22,26)(H,23,24)/b12-11+,25-19-. The van der Waals surface area contributed by atoms with Gasteiger partial charge < -0.3 is 4.98 Å². The van der Waals surface area contributed by atoms with Gasteiger partial charge >= 0.3 is 0 Å². The summed E-state index contributed by atoms with van der Waals surface area (Å²) in [6.07, 6.45) is 3.98. The Kier molecular flexibility index (Phi) is 4.80. The molecule has 27 heavy (non-hydrogen) atoms. The lowest BCUT2D eigenvalue weighted by Crippen LogP contribution is -2.03. The number of imidazole rings is 1. The zero-order valence-corrected chi connectivity index (χ0v) is 15.9. The van der Waals surface area contributed by atoms with Gasteiger partial charge in [-0.1, -0.05) is 48.0 Å². The molecule has 2 heterocycles. The van der Waals surface area contributed by atoms with Crippen LogP contribution in [0.5, 0.6) is 0 Å². The predicted molar refractivity (Wildman–Crippen MR) is 113 cm³/mol. The Bertz CT molecular complexity index is 1090. The maximum absolute atomic E-state index is 4.66. The third-order valence-electron chi connectivity index (χ3n) is 4.03. The number of rotatable bonds is 5. The molecule has 0 bridgehead atoms. The molecule has 2 aromatic carbocycles. The molecule has 4 aromatic rings. The highest BCUT2D eigenvalue weighted by molar-refractivity contribution is 7.13. The van der Waals surface area contributed by atoms with Crippen LogP contribution in [0.4, 0.5) is 5.13 Å². The summed E-state index contributed by atoms with van der Waals surface area (Å²) in [7, 11) is 0. The van der Waals surface area contributed by atoms with Gasteiger partial charge in [-0.05, 0) is 37.6 Å². The average Bonchev–Trinajstić information content (AvgIpc) is 3.29. The highest BCUT2D eigenvalue weighted by atomic mass is 32.1. The Morgan fingerprint density at radius 1 is 1.07 bits per heavy atom. The van der Waals surface area contributed by atoms with Crippen molar-refractivity contribution in [2.75, 3.05) is 5.43 Å². The Hall–Kier alpha value is -3.25. The van der Waals surface area contributed by atoms with Crippen LogP contribution in [0.25, 0.3) is 17.1 Å². The first-order chi connectivity index (χ1) is 13.2. The van der Waals surface area contributed by atoms with E-state index in [0.717, 1.165) is 27.4 Å². The van der Waals surface area contributed by atoms with Crippen molar-refractivity contribution in [1.82, 2.24) is 15.0 Å². The normalized spacial score (nSPS) is 12.1. The predicted octanol–water partition coefficient (Wildman–Crippen LogP) is 5.17. The van der Waals surface area contributed by atoms with E-state index >= 15 is 0 Å². The first-order valence-corrected chi connectivity index (χ1v) is 9.51. The smallest absolute Gasteiger partial charge is 0.203 e. The van der Waals surface area contributed by atoms with Crippen LogP contribution in [0.3, 0.4) is 0 Å². The van der Waals surface area contributed by atoms with E-state index in [0.29, 0.717) is 11.5 Å². The number of thiazole rings is 1. The summed E-state index contributed by atoms with van der Waals surface area (Å²) in [6, 6.07) is 16.3. The van der Waals surface area contributed by atoms with Crippen LogP contribution in [0, 0.1) is 13.8 Å². The fourth-order valence-corrected chi connectivity index (χ4v) is 3.24. The number of anilines is 1. The molecule has 0 fully saturated rings. The number of allylic oxidation sites excluding steroid dienone is 1. The Morgan fingerprint density at radius 2 is 1.89 bits per heavy atom. The second-order valence-electron chi connectivity index (χ2n) is 6.25. The molecular weight excluding hydrogens is 354 g/mol. The number of aromatic nitrogens is 3. The van der Waals surface area contributed by atoms with Crippen molar-refractivity contribution in [3.8, 4) is 0 Å². The Labute approximate surface area is 161 Å². The number of nitrogens with one attached hydrogen (secondary N) is 2. The van der Waals surface area contributed by atoms with Crippen molar-refractivity contribution >= 4 is 39.3 Å². The number of benzene rings is 2. The lowest BCUT2D eigenvalue weighted by molar-refractivity contribution is 1.20. The summed E-state index contributed by atoms with van der Waals surface area (Å²) in [5, 5.41) is 7.28. The number of aromatic amines is 1. The first-order valence-electron chi connectivity index (χ1n) is 8.63. The van der Waals surface area contributed by atoms with E-state index in [9.17, 15) is 0 Å². The number of hydrogen-bond donors (Lipinski definition) is 2. The summed E-state index contributed by atoms with van der Waals surface area (Å²) >= 11 is 1.52. The number of H-pyrrole nitrogens is 1. The van der Waals surface area contributed by atoms with Gasteiger partial charge in [-0.3, -0.25) is 5.43 Å². The zero-order valence-electron chi connectivity index (χ0n) is 15.1. The maximum atomic E-state index is 4.66. The molecule has 0 aliphatic carbocycles. The minimum Gasteiger partial charge on any atom is -0.337 e. The van der Waals surface area contributed by atoms with Gasteiger partial charge in [0.25, 0.3) is 0 Å². The van der Waals surface area contributed by atoms with E-state index < -0.39 is 0 Å². The van der Waals surface area contributed by atoms with Crippen molar-refractivity contribution in [1.29, 1.82) is 0 Å². The summed E-state index contributed by atoms with van der Waals surface area (Å²) in [5.74, 6) is 0.709. The SMILES string of the molecule is Cc1ccc(/C=C/C(=N/Nc2nc(C)cs2)c2nc3ccccc3[nH]2)cc1. The number of hydrazone groups is 1. The van der Waals surface area contributed by atoms with E-state index in [1.54, 1.807) is 0 Å². The van der Waals surface area contributed by atoms with Crippen molar-refractivity contribution in [2.24, 2.45) is 5.10 Å². The van der Waals surface area contributed by atoms with Gasteiger partial charge in [0.15, 0.2) is 5.82 Å². The molecule has 0 saturated heterocycles. The molecular formula is C21H19N5S. The Morgan fingerprint density at radius 3 is 2.63 bits per heavy atom. The molecule has 0 aliphatic heterocycles. The topological polar surface area (TPSA) is 66.0 Å². The van der Waals surface area contributed by atoms with Gasteiger partial charge in [0.05, 0.1) is 16.7 Å². The van der Waals surface area contributed by atoms with Crippen LogP contribution in [0.15, 0.2) is 65.1 Å². The summed E-state index contributed by atoms with van der Waals surface area (Å²) in [6.45, 7) is 4.04. The van der Waals surface area contributed by atoms with Crippen LogP contribution in [0.1, 0.15) is 22.6 Å². The van der Waals surface area contributed by atoms with Gasteiger partial charge in [-0.2, -0.15) is 5.10 Å². The van der Waals surface area contributed by atoms with Crippen molar-refractivity contribution in [3.05, 3.63) is 82.6 Å². The number of para-hydroxylation sites is 2. The summed E-state index contributed by atoms with van der Waals surface area (Å²) in [5.41, 5.74) is 8.95. The van der Waals surface area contributed by atoms with Gasteiger partial charge in [0, 0.05) is 5.38 Å². The molecule has 4 rings (SSSR count). The highest BCUT2D eigenvalue weighted by Gasteiger charge is 2.08. The van der Waals surface area contributed by atoms with Crippen LogP contribution in [0.2, 0.25) is 0 Å².